The van der Waals surface area contributed by atoms with Crippen LogP contribution in [0.1, 0.15) is 51.8 Å². The van der Waals surface area contributed by atoms with Gasteiger partial charge in [-0.15, -0.1) is 0 Å². The van der Waals surface area contributed by atoms with Crippen molar-refractivity contribution in [2.75, 3.05) is 19.6 Å². The molecule has 1 fully saturated rings. The van der Waals surface area contributed by atoms with E-state index in [1.807, 2.05) is 0 Å². The fourth-order valence-electron chi connectivity index (χ4n) is 5.66. The topological polar surface area (TPSA) is 375 Å². The number of cyclic esters (lactones) is 3. The van der Waals surface area contributed by atoms with Crippen molar-refractivity contribution in [2.45, 2.75) is 57.2 Å². The molecule has 6 amide bonds. The van der Waals surface area contributed by atoms with E-state index in [1.54, 1.807) is 0 Å². The van der Waals surface area contributed by atoms with Crippen LogP contribution in [-0.2, 0) is 43.0 Å². The molecule has 6 atom stereocenters. The number of hydrogen-bond donors (Lipinski definition) is 12. The lowest BCUT2D eigenvalue weighted by Crippen LogP contribution is -2.59. The lowest BCUT2D eigenvalue weighted by atomic mass is 10.1. The molecule has 24 heteroatoms. The molecule has 3 aromatic carbocycles. The van der Waals surface area contributed by atoms with Gasteiger partial charge < -0.3 is 76.8 Å². The average molecular weight is 883 g/mol. The van der Waals surface area contributed by atoms with Crippen LogP contribution < -0.4 is 31.9 Å². The number of aromatic hydroxyl groups is 6. The summed E-state index contributed by atoms with van der Waals surface area (Å²) in [7, 11) is 0. The molecule has 1 aliphatic heterocycles. The minimum absolute atomic E-state index is 0.416. The first-order valence-electron chi connectivity index (χ1n) is 18.6. The van der Waals surface area contributed by atoms with Crippen molar-refractivity contribution >= 4 is 53.4 Å². The number of carbonyl (C=O) groups is 9. The Balaban J connectivity index is 1.57. The second kappa shape index (κ2) is 20.8. The molecule has 0 spiro atoms. The Labute approximate surface area is 355 Å². The van der Waals surface area contributed by atoms with E-state index in [-0.39, 0.29) is 0 Å². The zero-order valence-corrected chi connectivity index (χ0v) is 33.4. The molecular formula is C39H42N6O18. The van der Waals surface area contributed by atoms with Gasteiger partial charge in [-0.25, -0.2) is 14.4 Å². The number of esters is 3. The van der Waals surface area contributed by atoms with E-state index in [4.69, 9.17) is 14.2 Å². The fourth-order valence-corrected chi connectivity index (χ4v) is 5.66. The van der Waals surface area contributed by atoms with Crippen molar-refractivity contribution < 1.29 is 88.0 Å². The maximum absolute atomic E-state index is 13.7. The van der Waals surface area contributed by atoms with Gasteiger partial charge in [-0.1, -0.05) is 18.2 Å². The fraction of sp³-hybridized carbons (Fsp3) is 0.308. The van der Waals surface area contributed by atoms with Crippen LogP contribution in [-0.4, -0.2) is 140 Å². The normalized spacial score (nSPS) is 20.1. The van der Waals surface area contributed by atoms with Gasteiger partial charge in [0.05, 0.1) is 36.3 Å². The Morgan fingerprint density at radius 3 is 0.921 bits per heavy atom. The van der Waals surface area contributed by atoms with Crippen LogP contribution in [0.3, 0.4) is 0 Å². The standard InChI is InChI=1S/C39H42N6O18/c1-16-28(43-25(49)13-40-34(55)19-7-4-10-22(46)31(19)52)37(58)62-18(3)30(45-27(51)15-42-36(57)21-9-6-12-24(48)33(21)54)39(60)63-17(2)29(38(59)61-16)44-26(50)14-41-35(56)20-8-5-11-23(47)32(20)53/h4-12,16-18,28-30,46-48,52-54H,13-15H2,1-3H3,(H,40,55)(H,41,56)(H,42,57)(H,43,49)(H,44,50)(H,45,51). The molecule has 12 N–H and O–H groups in total. The number of rotatable bonds is 12. The second-order valence-corrected chi connectivity index (χ2v) is 13.6. The third kappa shape index (κ3) is 12.1. The van der Waals surface area contributed by atoms with Crippen molar-refractivity contribution in [3.63, 3.8) is 0 Å². The maximum atomic E-state index is 13.7. The number of carbonyl (C=O) groups excluding carboxylic acids is 9. The van der Waals surface area contributed by atoms with Gasteiger partial charge in [0.25, 0.3) is 17.7 Å². The Hall–Kier alpha value is -8.31. The average Bonchev–Trinajstić information content (AvgIpc) is 3.23. The van der Waals surface area contributed by atoms with Gasteiger partial charge in [-0.3, -0.25) is 28.8 Å². The molecule has 63 heavy (non-hydrogen) atoms. The Kier molecular flexibility index (Phi) is 15.6. The highest BCUT2D eigenvalue weighted by atomic mass is 16.6. The number of amides is 6. The van der Waals surface area contributed by atoms with Crippen LogP contribution in [0.15, 0.2) is 54.6 Å². The minimum Gasteiger partial charge on any atom is -0.504 e. The number of nitrogens with one attached hydrogen (secondary N) is 6. The van der Waals surface area contributed by atoms with E-state index in [0.29, 0.717) is 0 Å². The quantitative estimate of drug-likeness (QED) is 0.0520. The van der Waals surface area contributed by atoms with Crippen molar-refractivity contribution in [1.82, 2.24) is 31.9 Å². The summed E-state index contributed by atoms with van der Waals surface area (Å²) in [6, 6.07) is 4.59. The van der Waals surface area contributed by atoms with Gasteiger partial charge >= 0.3 is 17.9 Å². The first-order chi connectivity index (χ1) is 29.7. The van der Waals surface area contributed by atoms with Crippen LogP contribution in [0.4, 0.5) is 0 Å². The number of para-hydroxylation sites is 3. The van der Waals surface area contributed by atoms with E-state index in [1.165, 1.54) is 18.2 Å². The van der Waals surface area contributed by atoms with Crippen molar-refractivity contribution in [2.24, 2.45) is 0 Å². The van der Waals surface area contributed by atoms with Crippen molar-refractivity contribution in [1.29, 1.82) is 0 Å². The van der Waals surface area contributed by atoms with E-state index in [9.17, 15) is 73.8 Å². The molecule has 24 nitrogen and oxygen atoms in total. The molecule has 4 rings (SSSR count). The summed E-state index contributed by atoms with van der Waals surface area (Å²) >= 11 is 0. The van der Waals surface area contributed by atoms with E-state index >= 15 is 0 Å². The zero-order valence-electron chi connectivity index (χ0n) is 33.4. The van der Waals surface area contributed by atoms with Crippen molar-refractivity contribution in [3.8, 4) is 34.5 Å². The van der Waals surface area contributed by atoms with Crippen LogP contribution in [0.2, 0.25) is 0 Å². The summed E-state index contributed by atoms with van der Waals surface area (Å²) in [5.74, 6) is -14.8. The van der Waals surface area contributed by atoms with Crippen LogP contribution in [0.5, 0.6) is 34.5 Å². The molecule has 0 bridgehead atoms. The zero-order chi connectivity index (χ0) is 46.7. The number of benzene rings is 3. The third-order valence-electron chi connectivity index (χ3n) is 9.03. The first-order valence-corrected chi connectivity index (χ1v) is 18.6. The predicted octanol–water partition coefficient (Wildman–Crippen LogP) is -2.23. The van der Waals surface area contributed by atoms with Gasteiger partial charge in [0.1, 0.15) is 18.3 Å². The van der Waals surface area contributed by atoms with Gasteiger partial charge in [0, 0.05) is 0 Å². The highest BCUT2D eigenvalue weighted by Crippen LogP contribution is 2.29. The van der Waals surface area contributed by atoms with Gasteiger partial charge in [0.2, 0.25) is 17.7 Å². The van der Waals surface area contributed by atoms with E-state index < -0.39 is 161 Å². The molecule has 0 aromatic heterocycles. The molecule has 0 radical (unpaired) electrons. The van der Waals surface area contributed by atoms with Crippen molar-refractivity contribution in [3.05, 3.63) is 71.3 Å². The highest BCUT2D eigenvalue weighted by Gasteiger charge is 2.42. The molecule has 1 heterocycles. The summed E-state index contributed by atoms with van der Waals surface area (Å²) in [6.45, 7) is 0.751. The molecule has 336 valence electrons. The Bertz CT molecular complexity index is 2050. The van der Waals surface area contributed by atoms with Gasteiger partial charge in [0.15, 0.2) is 52.6 Å². The first kappa shape index (κ1) is 47.4. The van der Waals surface area contributed by atoms with Crippen LogP contribution in [0, 0.1) is 0 Å². The molecule has 1 saturated heterocycles. The smallest absolute Gasteiger partial charge is 0.332 e. The summed E-state index contributed by atoms with van der Waals surface area (Å²) in [4.78, 5) is 118. The summed E-state index contributed by atoms with van der Waals surface area (Å²) in [5, 5.41) is 72.3. The van der Waals surface area contributed by atoms with Gasteiger partial charge in [-0.05, 0) is 57.2 Å². The largest absolute Gasteiger partial charge is 0.504 e. The summed E-state index contributed by atoms with van der Waals surface area (Å²) in [5.41, 5.74) is -1.25. The number of phenolic OH excluding ortho intramolecular Hbond substituents is 6. The van der Waals surface area contributed by atoms with Gasteiger partial charge in [-0.2, -0.15) is 0 Å². The summed E-state index contributed by atoms with van der Waals surface area (Å²) in [6.07, 6.45) is -5.00. The van der Waals surface area contributed by atoms with Crippen LogP contribution >= 0.6 is 0 Å². The maximum Gasteiger partial charge on any atom is 0.332 e. The number of hydrogen-bond acceptors (Lipinski definition) is 18. The lowest BCUT2D eigenvalue weighted by molar-refractivity contribution is -0.174. The molecule has 6 unspecified atom stereocenters. The molecule has 1 aliphatic rings. The van der Waals surface area contributed by atoms with E-state index in [2.05, 4.69) is 31.9 Å². The molecule has 3 aromatic rings. The lowest BCUT2D eigenvalue weighted by Gasteiger charge is -2.32. The molecular weight excluding hydrogens is 840 g/mol. The molecule has 0 saturated carbocycles. The van der Waals surface area contributed by atoms with E-state index in [0.717, 1.165) is 57.2 Å². The predicted molar refractivity (Wildman–Crippen MR) is 209 cm³/mol. The number of phenols is 6. The summed E-state index contributed by atoms with van der Waals surface area (Å²) < 4.78 is 16.2. The SMILES string of the molecule is CC1OC(=O)C(NC(=O)CNC(=O)c2cccc(O)c2O)C(C)OC(=O)C(NC(=O)CNC(=O)c2cccc(O)c2O)C(C)OC(=O)C1NC(=O)CNC(=O)c1cccc(O)c1O. The minimum atomic E-state index is -1.93. The number of ether oxygens (including phenoxy) is 3. The highest BCUT2D eigenvalue weighted by molar-refractivity contribution is 6.01. The van der Waals surface area contributed by atoms with Crippen LogP contribution in [0.25, 0.3) is 0 Å². The molecule has 0 aliphatic carbocycles. The Morgan fingerprint density at radius 1 is 0.444 bits per heavy atom. The Morgan fingerprint density at radius 2 is 0.683 bits per heavy atom. The third-order valence-corrected chi connectivity index (χ3v) is 9.03. The monoisotopic (exact) mass is 882 g/mol. The second-order valence-electron chi connectivity index (χ2n) is 13.6.